The van der Waals surface area contributed by atoms with Crippen molar-refractivity contribution in [3.8, 4) is 0 Å². The van der Waals surface area contributed by atoms with E-state index in [2.05, 4.69) is 45.0 Å². The lowest BCUT2D eigenvalue weighted by Gasteiger charge is -2.44. The topological polar surface area (TPSA) is 43.1 Å². The Morgan fingerprint density at radius 3 is 2.48 bits per heavy atom. The van der Waals surface area contributed by atoms with Gasteiger partial charge in [-0.15, -0.1) is 0 Å². The second-order valence-corrected chi connectivity index (χ2v) is 7.83. The third-order valence-corrected chi connectivity index (χ3v) is 4.78. The molecule has 21 heavy (non-hydrogen) atoms. The number of hydrogen-bond acceptors (Lipinski definition) is 2. The van der Waals surface area contributed by atoms with Gasteiger partial charge in [0.15, 0.2) is 0 Å². The molecule has 1 aromatic carbocycles. The number of hydrogen-bond donors (Lipinski definition) is 1. The molecule has 1 aliphatic carbocycles. The van der Waals surface area contributed by atoms with Crippen LogP contribution in [0, 0.1) is 10.8 Å². The highest BCUT2D eigenvalue weighted by Crippen LogP contribution is 2.46. The van der Waals surface area contributed by atoms with E-state index in [0.29, 0.717) is 12.2 Å². The second-order valence-electron chi connectivity index (χ2n) is 7.83. The first-order valence-corrected chi connectivity index (χ1v) is 8.14. The highest BCUT2D eigenvalue weighted by atomic mass is 16.1. The van der Waals surface area contributed by atoms with E-state index in [1.807, 2.05) is 6.07 Å². The third kappa shape index (κ3) is 4.41. The van der Waals surface area contributed by atoms with Crippen LogP contribution < -0.4 is 5.73 Å². The number of nitrogens with two attached hydrogens (primary N) is 1. The van der Waals surface area contributed by atoms with Crippen molar-refractivity contribution in [2.45, 2.75) is 65.3 Å². The maximum absolute atomic E-state index is 12.7. The van der Waals surface area contributed by atoms with E-state index in [1.54, 1.807) is 0 Å². The van der Waals surface area contributed by atoms with Gasteiger partial charge in [0.1, 0.15) is 5.78 Å². The molecule has 0 amide bonds. The van der Waals surface area contributed by atoms with E-state index in [4.69, 9.17) is 5.73 Å². The van der Waals surface area contributed by atoms with Crippen LogP contribution in [0.15, 0.2) is 30.3 Å². The van der Waals surface area contributed by atoms with Crippen LogP contribution in [0.25, 0.3) is 0 Å². The first-order valence-electron chi connectivity index (χ1n) is 8.14. The average molecular weight is 287 g/mol. The molecule has 0 radical (unpaired) electrons. The Morgan fingerprint density at radius 2 is 1.86 bits per heavy atom. The Hall–Kier alpha value is -1.15. The van der Waals surface area contributed by atoms with Gasteiger partial charge in [0.25, 0.3) is 0 Å². The molecule has 2 N–H and O–H groups in total. The quantitative estimate of drug-likeness (QED) is 0.885. The van der Waals surface area contributed by atoms with Crippen LogP contribution >= 0.6 is 0 Å². The van der Waals surface area contributed by atoms with Crippen molar-refractivity contribution in [1.82, 2.24) is 0 Å². The van der Waals surface area contributed by atoms with Crippen molar-refractivity contribution in [3.63, 3.8) is 0 Å². The molecular formula is C19H29NO. The fraction of sp³-hybridized carbons (Fsp3) is 0.632. The largest absolute Gasteiger partial charge is 0.328 e. The van der Waals surface area contributed by atoms with Crippen molar-refractivity contribution in [2.24, 2.45) is 16.6 Å². The van der Waals surface area contributed by atoms with Crippen molar-refractivity contribution in [3.05, 3.63) is 35.9 Å². The van der Waals surface area contributed by atoms with E-state index in [9.17, 15) is 4.79 Å². The Balaban J connectivity index is 1.90. The molecule has 0 saturated heterocycles. The number of Topliss-reactive ketones (excluding diaryl/α,β-unsaturated/α-hetero) is 1. The molecule has 0 bridgehead atoms. The Labute approximate surface area is 129 Å². The second kappa shape index (κ2) is 6.31. The van der Waals surface area contributed by atoms with Crippen LogP contribution in [0.4, 0.5) is 0 Å². The Kier molecular flexibility index (Phi) is 4.88. The molecule has 2 rings (SSSR count). The monoisotopic (exact) mass is 287 g/mol. The number of ketones is 1. The molecule has 116 valence electrons. The van der Waals surface area contributed by atoms with Gasteiger partial charge in [-0.1, -0.05) is 51.1 Å². The van der Waals surface area contributed by atoms with Gasteiger partial charge in [0, 0.05) is 17.9 Å². The first-order chi connectivity index (χ1) is 9.81. The molecule has 0 aliphatic heterocycles. The minimum absolute atomic E-state index is 0.164. The van der Waals surface area contributed by atoms with Gasteiger partial charge >= 0.3 is 0 Å². The number of aryl methyl sites for hydroxylation is 1. The minimum Gasteiger partial charge on any atom is -0.328 e. The maximum atomic E-state index is 12.7. The number of rotatable bonds is 5. The van der Waals surface area contributed by atoms with Gasteiger partial charge in [-0.3, -0.25) is 4.79 Å². The lowest BCUT2D eigenvalue weighted by molar-refractivity contribution is -0.132. The zero-order valence-corrected chi connectivity index (χ0v) is 13.7. The van der Waals surface area contributed by atoms with Crippen LogP contribution in [-0.4, -0.2) is 11.8 Å². The number of carbonyl (C=O) groups excluding carboxylic acids is 1. The molecule has 2 unspecified atom stereocenters. The van der Waals surface area contributed by atoms with Crippen molar-refractivity contribution >= 4 is 5.78 Å². The first kappa shape index (κ1) is 16.2. The summed E-state index contributed by atoms with van der Waals surface area (Å²) >= 11 is 0. The highest BCUT2D eigenvalue weighted by molar-refractivity contribution is 5.84. The summed E-state index contributed by atoms with van der Waals surface area (Å²) in [6, 6.07) is 10.6. The summed E-state index contributed by atoms with van der Waals surface area (Å²) in [5.41, 5.74) is 7.46. The van der Waals surface area contributed by atoms with Gasteiger partial charge in [0.2, 0.25) is 0 Å². The summed E-state index contributed by atoms with van der Waals surface area (Å²) < 4.78 is 0. The van der Waals surface area contributed by atoms with Gasteiger partial charge in [0.05, 0.1) is 0 Å². The van der Waals surface area contributed by atoms with Gasteiger partial charge in [-0.25, -0.2) is 0 Å². The van der Waals surface area contributed by atoms with Crippen LogP contribution in [0.3, 0.4) is 0 Å². The van der Waals surface area contributed by atoms with E-state index >= 15 is 0 Å². The fourth-order valence-corrected chi connectivity index (χ4v) is 4.17. The zero-order chi connectivity index (χ0) is 15.5. The molecule has 1 saturated carbocycles. The summed E-state index contributed by atoms with van der Waals surface area (Å²) in [5.74, 6) is 0.404. The Bertz CT molecular complexity index is 480. The predicted molar refractivity (Wildman–Crippen MR) is 88.1 cm³/mol. The summed E-state index contributed by atoms with van der Waals surface area (Å²) in [5, 5.41) is 0. The van der Waals surface area contributed by atoms with Crippen molar-refractivity contribution in [1.29, 1.82) is 0 Å². The van der Waals surface area contributed by atoms with Crippen molar-refractivity contribution < 1.29 is 4.79 Å². The summed E-state index contributed by atoms with van der Waals surface area (Å²) in [7, 11) is 0. The van der Waals surface area contributed by atoms with Crippen LogP contribution in [0.5, 0.6) is 0 Å². The van der Waals surface area contributed by atoms with Crippen molar-refractivity contribution in [2.75, 3.05) is 0 Å². The Morgan fingerprint density at radius 1 is 1.19 bits per heavy atom. The average Bonchev–Trinajstić information content (AvgIpc) is 2.37. The third-order valence-electron chi connectivity index (χ3n) is 4.78. The molecule has 1 aliphatic rings. The molecular weight excluding hydrogens is 258 g/mol. The summed E-state index contributed by atoms with van der Waals surface area (Å²) in [6.45, 7) is 6.60. The smallest absolute Gasteiger partial charge is 0.138 e. The lowest BCUT2D eigenvalue weighted by atomic mass is 9.61. The number of benzene rings is 1. The number of carbonyl (C=O) groups is 1. The SMILES string of the molecule is CC1(C)CC(N)CC(C)(C(=O)CCCc2ccccc2)C1. The zero-order valence-electron chi connectivity index (χ0n) is 13.7. The molecule has 2 nitrogen and oxygen atoms in total. The maximum Gasteiger partial charge on any atom is 0.138 e. The van der Waals surface area contributed by atoms with E-state index < -0.39 is 0 Å². The van der Waals surface area contributed by atoms with E-state index in [-0.39, 0.29) is 16.9 Å². The lowest BCUT2D eigenvalue weighted by Crippen LogP contribution is -2.46. The molecule has 1 fully saturated rings. The molecule has 2 heteroatoms. The molecule has 0 heterocycles. The molecule has 0 spiro atoms. The molecule has 1 aromatic rings. The van der Waals surface area contributed by atoms with Crippen LogP contribution in [-0.2, 0) is 11.2 Å². The molecule has 0 aromatic heterocycles. The van der Waals surface area contributed by atoms with E-state index in [1.165, 1.54) is 5.56 Å². The normalized spacial score (nSPS) is 28.3. The molecule has 2 atom stereocenters. The van der Waals surface area contributed by atoms with Crippen LogP contribution in [0.2, 0.25) is 0 Å². The standard InChI is InChI=1S/C19H29NO/c1-18(2)12-16(20)13-19(3,14-18)17(21)11-7-10-15-8-5-4-6-9-15/h4-6,8-9,16H,7,10-14,20H2,1-3H3. The minimum atomic E-state index is -0.224. The van der Waals surface area contributed by atoms with Gasteiger partial charge < -0.3 is 5.73 Å². The van der Waals surface area contributed by atoms with Gasteiger partial charge in [-0.2, -0.15) is 0 Å². The predicted octanol–water partition coefficient (Wildman–Crippen LogP) is 4.12. The fourth-order valence-electron chi connectivity index (χ4n) is 4.17. The summed E-state index contributed by atoms with van der Waals surface area (Å²) in [4.78, 5) is 12.7. The van der Waals surface area contributed by atoms with Gasteiger partial charge in [-0.05, 0) is 43.1 Å². The van der Waals surface area contributed by atoms with E-state index in [0.717, 1.165) is 32.1 Å². The van der Waals surface area contributed by atoms with Crippen LogP contribution in [0.1, 0.15) is 58.4 Å². The highest BCUT2D eigenvalue weighted by Gasteiger charge is 2.43. The summed E-state index contributed by atoms with van der Waals surface area (Å²) in [6.07, 6.45) is 5.44.